The van der Waals surface area contributed by atoms with Crippen LogP contribution in [0.3, 0.4) is 0 Å². The Bertz CT molecular complexity index is 1150. The number of para-hydroxylation sites is 1. The molecule has 1 saturated heterocycles. The lowest BCUT2D eigenvalue weighted by molar-refractivity contribution is -0.124. The lowest BCUT2D eigenvalue weighted by Gasteiger charge is -2.39. The van der Waals surface area contributed by atoms with Crippen molar-refractivity contribution in [2.45, 2.75) is 30.9 Å². The van der Waals surface area contributed by atoms with Gasteiger partial charge in [0.15, 0.2) is 0 Å². The summed E-state index contributed by atoms with van der Waals surface area (Å²) in [7, 11) is 3.79. The van der Waals surface area contributed by atoms with Gasteiger partial charge >= 0.3 is 0 Å². The zero-order chi connectivity index (χ0) is 21.5. The fraction of sp³-hybridized carbons (Fsp3) is 0.360. The van der Waals surface area contributed by atoms with Crippen LogP contribution in [0.2, 0.25) is 0 Å². The molecule has 6 heteroatoms. The molecule has 3 aromatic rings. The maximum atomic E-state index is 13.6. The van der Waals surface area contributed by atoms with Crippen molar-refractivity contribution in [1.82, 2.24) is 14.8 Å². The fourth-order valence-electron chi connectivity index (χ4n) is 5.08. The number of amides is 2. The molecule has 0 aliphatic carbocycles. The lowest BCUT2D eigenvalue weighted by Crippen LogP contribution is -2.46. The summed E-state index contributed by atoms with van der Waals surface area (Å²) in [4.78, 5) is 28.6. The molecule has 0 spiro atoms. The van der Waals surface area contributed by atoms with Gasteiger partial charge in [-0.25, -0.2) is 0 Å². The fourth-order valence-corrected chi connectivity index (χ4v) is 5.08. The molecule has 31 heavy (non-hydrogen) atoms. The molecule has 5 rings (SSSR count). The summed E-state index contributed by atoms with van der Waals surface area (Å²) in [5, 5.41) is 4.18. The first-order valence-electron chi connectivity index (χ1n) is 10.9. The van der Waals surface area contributed by atoms with Crippen LogP contribution in [0, 0.1) is 0 Å². The van der Waals surface area contributed by atoms with Gasteiger partial charge in [-0.15, -0.1) is 0 Å². The van der Waals surface area contributed by atoms with Crippen LogP contribution in [-0.2, 0) is 16.6 Å². The van der Waals surface area contributed by atoms with E-state index in [0.29, 0.717) is 12.1 Å². The molecular weight excluding hydrogens is 390 g/mol. The average Bonchev–Trinajstić information content (AvgIpc) is 3.43. The van der Waals surface area contributed by atoms with E-state index >= 15 is 0 Å². The van der Waals surface area contributed by atoms with Crippen LogP contribution in [0.25, 0.3) is 10.9 Å². The minimum atomic E-state index is -0.494. The molecule has 0 radical (unpaired) electrons. The first kappa shape index (κ1) is 19.8. The summed E-state index contributed by atoms with van der Waals surface area (Å²) in [6.45, 7) is 1.25. The summed E-state index contributed by atoms with van der Waals surface area (Å²) in [5.41, 5.74) is 3.45. The van der Waals surface area contributed by atoms with Crippen molar-refractivity contribution < 1.29 is 14.3 Å². The number of fused-ring (bicyclic) bond motifs is 2. The Morgan fingerprint density at radius 1 is 1.10 bits per heavy atom. The highest BCUT2D eigenvalue weighted by atomic mass is 16.5. The molecule has 1 aromatic heterocycles. The van der Waals surface area contributed by atoms with E-state index in [-0.39, 0.29) is 17.9 Å². The molecule has 3 unspecified atom stereocenters. The summed E-state index contributed by atoms with van der Waals surface area (Å²) < 4.78 is 7.75. The van der Waals surface area contributed by atoms with E-state index in [4.69, 9.17) is 4.74 Å². The van der Waals surface area contributed by atoms with Gasteiger partial charge in [0.25, 0.3) is 5.91 Å². The number of aromatic nitrogens is 1. The number of nitrogens with one attached hydrogen (secondary N) is 1. The molecule has 2 aliphatic heterocycles. The minimum Gasteiger partial charge on any atom is -0.376 e. The minimum absolute atomic E-state index is 0.0586. The van der Waals surface area contributed by atoms with E-state index in [1.54, 1.807) is 11.9 Å². The van der Waals surface area contributed by atoms with Gasteiger partial charge in [0, 0.05) is 55.5 Å². The Kier molecular flexibility index (Phi) is 5.02. The highest BCUT2D eigenvalue weighted by molar-refractivity contribution is 6.02. The summed E-state index contributed by atoms with van der Waals surface area (Å²) >= 11 is 0. The average molecular weight is 418 g/mol. The van der Waals surface area contributed by atoms with Gasteiger partial charge in [-0.05, 0) is 30.5 Å². The number of carbonyl (C=O) groups is 2. The van der Waals surface area contributed by atoms with E-state index in [1.165, 1.54) is 0 Å². The van der Waals surface area contributed by atoms with Gasteiger partial charge in [-0.3, -0.25) is 9.59 Å². The number of hydrogen-bond donors (Lipinski definition) is 1. The molecule has 160 valence electrons. The normalized spacial score (nSPS) is 23.2. The highest BCUT2D eigenvalue weighted by Crippen LogP contribution is 2.44. The Morgan fingerprint density at radius 2 is 1.87 bits per heavy atom. The summed E-state index contributed by atoms with van der Waals surface area (Å²) in [5.74, 6) is -0.622. The third-order valence-corrected chi connectivity index (χ3v) is 6.64. The van der Waals surface area contributed by atoms with E-state index < -0.39 is 12.0 Å². The van der Waals surface area contributed by atoms with Crippen LogP contribution in [0.1, 0.15) is 46.3 Å². The smallest absolute Gasteiger partial charge is 0.254 e. The lowest BCUT2D eigenvalue weighted by atomic mass is 9.79. The van der Waals surface area contributed by atoms with E-state index in [9.17, 15) is 9.59 Å². The second kappa shape index (κ2) is 7.85. The van der Waals surface area contributed by atoms with Gasteiger partial charge in [0.05, 0.1) is 18.1 Å². The van der Waals surface area contributed by atoms with Crippen LogP contribution in [0.5, 0.6) is 0 Å². The first-order valence-corrected chi connectivity index (χ1v) is 10.9. The quantitative estimate of drug-likeness (QED) is 0.708. The molecule has 2 aromatic carbocycles. The molecule has 6 nitrogen and oxygen atoms in total. The molecule has 0 saturated carbocycles. The highest BCUT2D eigenvalue weighted by Gasteiger charge is 2.43. The SMILES string of the molecule is CN1C(=O)c2ccccc2C(C(=O)NCC2CCCO2)C1c1cn(C)c2ccccc12. The Labute approximate surface area is 181 Å². The van der Waals surface area contributed by atoms with E-state index in [2.05, 4.69) is 22.0 Å². The van der Waals surface area contributed by atoms with Crippen LogP contribution in [-0.4, -0.2) is 47.6 Å². The number of rotatable bonds is 4. The van der Waals surface area contributed by atoms with Crippen LogP contribution < -0.4 is 5.32 Å². The predicted octanol–water partition coefficient (Wildman–Crippen LogP) is 3.38. The predicted molar refractivity (Wildman–Crippen MR) is 119 cm³/mol. The Hall–Kier alpha value is -3.12. The zero-order valence-electron chi connectivity index (χ0n) is 17.9. The largest absolute Gasteiger partial charge is 0.376 e. The van der Waals surface area contributed by atoms with Gasteiger partial charge in [-0.1, -0.05) is 36.4 Å². The first-order chi connectivity index (χ1) is 15.1. The Morgan fingerprint density at radius 3 is 2.68 bits per heavy atom. The molecular formula is C25H27N3O3. The standard InChI is InChI=1S/C25H27N3O3/c1-27-15-20(17-9-5-6-12-21(17)27)23-22(24(29)26-14-16-8-7-13-31-16)18-10-3-4-11-19(18)25(30)28(23)2/h3-6,9-12,15-16,22-23H,7-8,13-14H2,1-2H3,(H,26,29). The zero-order valence-corrected chi connectivity index (χ0v) is 17.9. The summed E-state index contributed by atoms with van der Waals surface area (Å²) in [6.07, 6.45) is 4.11. The van der Waals surface area contributed by atoms with Crippen molar-refractivity contribution in [3.63, 3.8) is 0 Å². The van der Waals surface area contributed by atoms with Crippen molar-refractivity contribution in [2.75, 3.05) is 20.2 Å². The molecule has 2 amide bonds. The molecule has 1 N–H and O–H groups in total. The van der Waals surface area contributed by atoms with Crippen LogP contribution in [0.4, 0.5) is 0 Å². The van der Waals surface area contributed by atoms with Crippen LogP contribution >= 0.6 is 0 Å². The van der Waals surface area contributed by atoms with Crippen molar-refractivity contribution in [3.8, 4) is 0 Å². The van der Waals surface area contributed by atoms with E-state index in [1.807, 2.05) is 49.6 Å². The van der Waals surface area contributed by atoms with Gasteiger partial charge in [0.2, 0.25) is 5.91 Å². The maximum absolute atomic E-state index is 13.6. The second-order valence-electron chi connectivity index (χ2n) is 8.52. The third kappa shape index (κ3) is 3.31. The van der Waals surface area contributed by atoms with E-state index in [0.717, 1.165) is 41.5 Å². The van der Waals surface area contributed by atoms with Crippen molar-refractivity contribution >= 4 is 22.7 Å². The number of benzene rings is 2. The number of carbonyl (C=O) groups excluding carboxylic acids is 2. The van der Waals surface area contributed by atoms with Crippen molar-refractivity contribution in [1.29, 1.82) is 0 Å². The van der Waals surface area contributed by atoms with Gasteiger partial charge < -0.3 is 19.5 Å². The Balaban J connectivity index is 1.60. The monoisotopic (exact) mass is 417 g/mol. The van der Waals surface area contributed by atoms with Crippen molar-refractivity contribution in [3.05, 3.63) is 71.4 Å². The number of hydrogen-bond acceptors (Lipinski definition) is 3. The molecule has 0 bridgehead atoms. The number of likely N-dealkylation sites (N-methyl/N-ethyl adjacent to an activating group) is 1. The van der Waals surface area contributed by atoms with Crippen molar-refractivity contribution in [2.24, 2.45) is 7.05 Å². The number of nitrogens with zero attached hydrogens (tertiary/aromatic N) is 2. The molecule has 3 atom stereocenters. The topological polar surface area (TPSA) is 63.6 Å². The number of ether oxygens (including phenoxy) is 1. The summed E-state index contributed by atoms with van der Waals surface area (Å²) in [6, 6.07) is 15.2. The maximum Gasteiger partial charge on any atom is 0.254 e. The van der Waals surface area contributed by atoms with Gasteiger partial charge in [0.1, 0.15) is 0 Å². The van der Waals surface area contributed by atoms with Crippen LogP contribution in [0.15, 0.2) is 54.7 Å². The second-order valence-corrected chi connectivity index (χ2v) is 8.52. The van der Waals surface area contributed by atoms with Gasteiger partial charge in [-0.2, -0.15) is 0 Å². The molecule has 1 fully saturated rings. The molecule has 3 heterocycles. The molecule has 2 aliphatic rings. The third-order valence-electron chi connectivity index (χ3n) is 6.64. The number of aryl methyl sites for hydroxylation is 1.